The summed E-state index contributed by atoms with van der Waals surface area (Å²) in [5, 5.41) is 0. The average Bonchev–Trinajstić information content (AvgIpc) is 3.32. The molecule has 6 nitrogen and oxygen atoms in total. The van der Waals surface area contributed by atoms with Crippen LogP contribution < -0.4 is 0 Å². The summed E-state index contributed by atoms with van der Waals surface area (Å²) in [5.74, 6) is 1.06. The third kappa shape index (κ3) is 2.64. The largest absolute Gasteiger partial charge is 0.381 e. The van der Waals surface area contributed by atoms with Crippen LogP contribution in [-0.4, -0.2) is 44.8 Å². The Labute approximate surface area is 146 Å². The van der Waals surface area contributed by atoms with E-state index in [2.05, 4.69) is 32.3 Å². The van der Waals surface area contributed by atoms with Crippen LogP contribution in [0.5, 0.6) is 0 Å². The highest BCUT2D eigenvalue weighted by atomic mass is 16.5. The van der Waals surface area contributed by atoms with Crippen LogP contribution in [0.4, 0.5) is 0 Å². The zero-order chi connectivity index (χ0) is 16.8. The predicted octanol–water partition coefficient (Wildman–Crippen LogP) is 3.29. The molecule has 1 N–H and O–H groups in total. The minimum absolute atomic E-state index is 0.345. The second kappa shape index (κ2) is 6.11. The molecule has 25 heavy (non-hydrogen) atoms. The number of hydrogen-bond donors (Lipinski definition) is 1. The van der Waals surface area contributed by atoms with Crippen molar-refractivity contribution >= 4 is 16.8 Å². The fourth-order valence-electron chi connectivity index (χ4n) is 4.55. The van der Waals surface area contributed by atoms with Gasteiger partial charge in [-0.1, -0.05) is 6.92 Å². The molecule has 1 aliphatic heterocycles. The summed E-state index contributed by atoms with van der Waals surface area (Å²) in [6.45, 7) is 4.01. The number of rotatable bonds is 3. The molecule has 6 heteroatoms. The van der Waals surface area contributed by atoms with Crippen molar-refractivity contribution < 1.29 is 9.47 Å². The highest BCUT2D eigenvalue weighted by Gasteiger charge is 2.36. The number of ether oxygens (including phenoxy) is 2. The van der Waals surface area contributed by atoms with E-state index in [9.17, 15) is 0 Å². The molecular weight excluding hydrogens is 316 g/mol. The summed E-state index contributed by atoms with van der Waals surface area (Å²) < 4.78 is 14.1. The van der Waals surface area contributed by atoms with E-state index >= 15 is 0 Å². The van der Waals surface area contributed by atoms with E-state index in [0.29, 0.717) is 24.0 Å². The van der Waals surface area contributed by atoms with Crippen molar-refractivity contribution in [3.05, 3.63) is 30.4 Å². The second-order valence-electron chi connectivity index (χ2n) is 7.47. The number of aromatic amines is 1. The van der Waals surface area contributed by atoms with Gasteiger partial charge in [-0.25, -0.2) is 9.97 Å². The van der Waals surface area contributed by atoms with Gasteiger partial charge in [0, 0.05) is 37.2 Å². The van der Waals surface area contributed by atoms with Gasteiger partial charge in [0.2, 0.25) is 0 Å². The minimum atomic E-state index is 0.345. The van der Waals surface area contributed by atoms with Crippen LogP contribution in [0.1, 0.15) is 44.2 Å². The van der Waals surface area contributed by atoms with E-state index < -0.39 is 0 Å². The number of nitrogens with zero attached hydrogens (tertiary/aromatic N) is 3. The molecule has 2 aliphatic rings. The topological polar surface area (TPSA) is 64.4 Å². The van der Waals surface area contributed by atoms with Crippen LogP contribution in [0.15, 0.2) is 24.7 Å². The number of nitrogens with one attached hydrogen (secondary N) is 1. The summed E-state index contributed by atoms with van der Waals surface area (Å²) >= 11 is 0. The lowest BCUT2D eigenvalue weighted by Gasteiger charge is -2.25. The summed E-state index contributed by atoms with van der Waals surface area (Å²) in [5.41, 5.74) is 4.22. The Morgan fingerprint density at radius 3 is 2.92 bits per heavy atom. The monoisotopic (exact) mass is 340 g/mol. The van der Waals surface area contributed by atoms with Crippen molar-refractivity contribution in [2.24, 2.45) is 5.92 Å². The molecule has 4 heterocycles. The van der Waals surface area contributed by atoms with Gasteiger partial charge in [0.25, 0.3) is 0 Å². The molecule has 3 atom stereocenters. The number of imidazole rings is 1. The normalized spacial score (nSPS) is 28.3. The number of fused-ring (bicyclic) bond motifs is 3. The molecule has 1 aliphatic carbocycles. The lowest BCUT2D eigenvalue weighted by molar-refractivity contribution is -0.0666. The lowest BCUT2D eigenvalue weighted by Crippen LogP contribution is -2.27. The minimum Gasteiger partial charge on any atom is -0.381 e. The summed E-state index contributed by atoms with van der Waals surface area (Å²) in [7, 11) is 0. The van der Waals surface area contributed by atoms with Crippen molar-refractivity contribution in [1.82, 2.24) is 19.4 Å². The van der Waals surface area contributed by atoms with Crippen LogP contribution >= 0.6 is 0 Å². The summed E-state index contributed by atoms with van der Waals surface area (Å²) in [4.78, 5) is 12.2. The summed E-state index contributed by atoms with van der Waals surface area (Å²) in [6.07, 6.45) is 10.8. The quantitative estimate of drug-likeness (QED) is 0.795. The Morgan fingerprint density at radius 2 is 2.04 bits per heavy atom. The maximum absolute atomic E-state index is 6.41. The van der Waals surface area contributed by atoms with Gasteiger partial charge >= 0.3 is 0 Å². The third-order valence-electron chi connectivity index (χ3n) is 5.84. The average molecular weight is 340 g/mol. The fraction of sp³-hybridized carbons (Fsp3) is 0.579. The van der Waals surface area contributed by atoms with Gasteiger partial charge in [-0.3, -0.25) is 4.40 Å². The Balaban J connectivity index is 1.43. The lowest BCUT2D eigenvalue weighted by atomic mass is 9.95. The van der Waals surface area contributed by atoms with E-state index in [1.807, 2.05) is 18.6 Å². The van der Waals surface area contributed by atoms with Crippen LogP contribution in [0.25, 0.3) is 16.8 Å². The first-order chi connectivity index (χ1) is 12.3. The molecule has 0 unspecified atom stereocenters. The molecule has 1 saturated carbocycles. The van der Waals surface area contributed by atoms with Crippen LogP contribution in [0.3, 0.4) is 0 Å². The van der Waals surface area contributed by atoms with Crippen molar-refractivity contribution in [3.8, 4) is 0 Å². The second-order valence-corrected chi connectivity index (χ2v) is 7.47. The molecule has 0 radical (unpaired) electrons. The first kappa shape index (κ1) is 15.3. The molecule has 0 aromatic carbocycles. The smallest absolute Gasteiger partial charge is 0.156 e. The molecule has 0 spiro atoms. The third-order valence-corrected chi connectivity index (χ3v) is 5.84. The highest BCUT2D eigenvalue weighted by molar-refractivity contribution is 5.74. The van der Waals surface area contributed by atoms with Gasteiger partial charge in [-0.05, 0) is 37.7 Å². The van der Waals surface area contributed by atoms with E-state index in [4.69, 9.17) is 9.47 Å². The molecule has 0 amide bonds. The van der Waals surface area contributed by atoms with Crippen molar-refractivity contribution in [2.45, 2.75) is 50.7 Å². The standard InChI is InChI=1S/C19H24N4O2/c1-12-8-14(25-13-3-6-24-7-4-13)9-15(12)17-10-21-18-11-22-19-16(23(17)18)2-5-20-19/h2,5,10-15,20H,3-4,6-9H2,1H3/t12-,14+,15-/m1/s1. The molecule has 3 aromatic heterocycles. The highest BCUT2D eigenvalue weighted by Crippen LogP contribution is 2.42. The Bertz CT molecular complexity index is 880. The van der Waals surface area contributed by atoms with Gasteiger partial charge in [0.05, 0.1) is 23.9 Å². The maximum Gasteiger partial charge on any atom is 0.156 e. The Kier molecular flexibility index (Phi) is 3.75. The number of hydrogen-bond acceptors (Lipinski definition) is 4. The molecule has 1 saturated heterocycles. The van der Waals surface area contributed by atoms with Crippen LogP contribution in [-0.2, 0) is 9.47 Å². The Morgan fingerprint density at radius 1 is 1.16 bits per heavy atom. The van der Waals surface area contributed by atoms with Crippen molar-refractivity contribution in [3.63, 3.8) is 0 Å². The molecule has 5 rings (SSSR count). The van der Waals surface area contributed by atoms with Crippen molar-refractivity contribution in [1.29, 1.82) is 0 Å². The SMILES string of the molecule is C[C@@H]1C[C@H](OC2CCOCC2)C[C@H]1c1cnc2cnc3[nH]ccc3n12. The number of H-pyrrole nitrogens is 1. The van der Waals surface area contributed by atoms with E-state index in [1.165, 1.54) is 5.69 Å². The van der Waals surface area contributed by atoms with Gasteiger partial charge in [-0.2, -0.15) is 0 Å². The zero-order valence-electron chi connectivity index (χ0n) is 14.5. The van der Waals surface area contributed by atoms with E-state index in [1.54, 1.807) is 0 Å². The van der Waals surface area contributed by atoms with Gasteiger partial charge in [0.1, 0.15) is 0 Å². The fourth-order valence-corrected chi connectivity index (χ4v) is 4.55. The van der Waals surface area contributed by atoms with Gasteiger partial charge in [-0.15, -0.1) is 0 Å². The first-order valence-corrected chi connectivity index (χ1v) is 9.32. The first-order valence-electron chi connectivity index (χ1n) is 9.32. The van der Waals surface area contributed by atoms with Crippen LogP contribution in [0, 0.1) is 5.92 Å². The zero-order valence-corrected chi connectivity index (χ0v) is 14.5. The van der Waals surface area contributed by atoms with Crippen LogP contribution in [0.2, 0.25) is 0 Å². The maximum atomic E-state index is 6.41. The van der Waals surface area contributed by atoms with Crippen molar-refractivity contribution in [2.75, 3.05) is 13.2 Å². The summed E-state index contributed by atoms with van der Waals surface area (Å²) in [6, 6.07) is 2.08. The Hall–Kier alpha value is -1.92. The molecule has 3 aromatic rings. The molecule has 132 valence electrons. The van der Waals surface area contributed by atoms with E-state index in [0.717, 1.165) is 55.7 Å². The van der Waals surface area contributed by atoms with Gasteiger partial charge in [0.15, 0.2) is 11.3 Å². The molecule has 0 bridgehead atoms. The van der Waals surface area contributed by atoms with E-state index in [-0.39, 0.29) is 0 Å². The predicted molar refractivity (Wildman–Crippen MR) is 94.7 cm³/mol. The molecule has 2 fully saturated rings. The molecular formula is C19H24N4O2. The van der Waals surface area contributed by atoms with Gasteiger partial charge < -0.3 is 14.5 Å². The number of aromatic nitrogens is 4.